The summed E-state index contributed by atoms with van der Waals surface area (Å²) in [4.78, 5) is 8.64. The molecule has 0 heterocycles. The zero-order valence-electron chi connectivity index (χ0n) is 12.2. The highest BCUT2D eigenvalue weighted by Gasteiger charge is 2.07. The van der Waals surface area contributed by atoms with Crippen LogP contribution in [-0.2, 0) is 4.57 Å². The summed E-state index contributed by atoms with van der Waals surface area (Å²) in [6.45, 7) is 2.26. The highest BCUT2D eigenvalue weighted by Crippen LogP contribution is 2.17. The van der Waals surface area contributed by atoms with E-state index in [0.717, 1.165) is 12.8 Å². The highest BCUT2D eigenvalue weighted by atomic mass is 31.1. The summed E-state index contributed by atoms with van der Waals surface area (Å²) in [5, 5.41) is 0. The third kappa shape index (κ3) is 16.1. The molecule has 1 N–H and O–H groups in total. The Labute approximate surface area is 114 Å². The average molecular weight is 275 g/mol. The Balaban J connectivity index is 2.92. The maximum absolute atomic E-state index is 10.4. The van der Waals surface area contributed by atoms with Crippen LogP contribution >= 0.6 is 8.03 Å². The van der Waals surface area contributed by atoms with Crippen LogP contribution in [0.5, 0.6) is 0 Å². The Kier molecular flexibility index (Phi) is 15.2. The van der Waals surface area contributed by atoms with Crippen molar-refractivity contribution in [3.63, 3.8) is 0 Å². The molecule has 0 aliphatic carbocycles. The van der Waals surface area contributed by atoms with E-state index in [2.05, 4.69) is 6.92 Å². The smallest absolute Gasteiger partial charge is 0.161 e. The molecule has 0 amide bonds. The maximum atomic E-state index is 10.4. The summed E-state index contributed by atoms with van der Waals surface area (Å²) < 4.78 is 10.4. The van der Waals surface area contributed by atoms with Gasteiger partial charge in [0.1, 0.15) is 0 Å². The summed E-state index contributed by atoms with van der Waals surface area (Å²) in [6, 6.07) is 0. The first-order valence-corrected chi connectivity index (χ1v) is 9.30. The normalized spacial score (nSPS) is 11.8. The predicted molar refractivity (Wildman–Crippen MR) is 80.4 cm³/mol. The lowest BCUT2D eigenvalue weighted by atomic mass is 10.1. The van der Waals surface area contributed by atoms with Crippen LogP contribution in [0.2, 0.25) is 0 Å². The monoisotopic (exact) mass is 275 g/mol. The van der Waals surface area contributed by atoms with Crippen molar-refractivity contribution in [3.8, 4) is 0 Å². The molecule has 3 heteroatoms. The lowest BCUT2D eigenvalue weighted by Gasteiger charge is -2.02. The fourth-order valence-electron chi connectivity index (χ4n) is 2.26. The molecule has 1 atom stereocenters. The van der Waals surface area contributed by atoms with Crippen molar-refractivity contribution in [2.75, 3.05) is 6.16 Å². The standard InChI is InChI=1S/C15H31O2P/c1-2-3-4-5-6-7-8-9-10-11-12-13-14-15-18(16)17/h2-15H2,1H3/p+1. The van der Waals surface area contributed by atoms with Crippen molar-refractivity contribution in [1.82, 2.24) is 0 Å². The molecule has 0 aromatic carbocycles. The van der Waals surface area contributed by atoms with Gasteiger partial charge in [0.25, 0.3) is 0 Å². The molecule has 18 heavy (non-hydrogen) atoms. The summed E-state index contributed by atoms with van der Waals surface area (Å²) in [5.74, 6) is 0. The lowest BCUT2D eigenvalue weighted by Crippen LogP contribution is -1.84. The summed E-state index contributed by atoms with van der Waals surface area (Å²) in [7, 11) is -1.89. The van der Waals surface area contributed by atoms with Gasteiger partial charge >= 0.3 is 8.03 Å². The zero-order valence-corrected chi connectivity index (χ0v) is 13.1. The molecule has 108 valence electrons. The van der Waals surface area contributed by atoms with Gasteiger partial charge in [-0.2, -0.15) is 4.89 Å². The Bertz CT molecular complexity index is 183. The summed E-state index contributed by atoms with van der Waals surface area (Å²) >= 11 is 0. The van der Waals surface area contributed by atoms with Crippen LogP contribution in [0.15, 0.2) is 0 Å². The molecule has 0 aromatic rings. The van der Waals surface area contributed by atoms with Crippen molar-refractivity contribution in [2.45, 2.75) is 90.4 Å². The average Bonchev–Trinajstić information content (AvgIpc) is 2.34. The van der Waals surface area contributed by atoms with E-state index in [9.17, 15) is 4.57 Å². The van der Waals surface area contributed by atoms with Gasteiger partial charge in [-0.05, 0) is 17.4 Å². The van der Waals surface area contributed by atoms with Crippen LogP contribution < -0.4 is 0 Å². The second kappa shape index (κ2) is 15.1. The predicted octanol–water partition coefficient (Wildman–Crippen LogP) is 5.81. The quantitative estimate of drug-likeness (QED) is 0.321. The third-order valence-corrected chi connectivity index (χ3v) is 4.15. The minimum absolute atomic E-state index is 0.493. The van der Waals surface area contributed by atoms with Crippen molar-refractivity contribution in [3.05, 3.63) is 0 Å². The molecule has 0 radical (unpaired) electrons. The first kappa shape index (κ1) is 18.1. The van der Waals surface area contributed by atoms with Crippen LogP contribution in [0.25, 0.3) is 0 Å². The van der Waals surface area contributed by atoms with Crippen molar-refractivity contribution >= 4 is 8.03 Å². The molecule has 0 saturated carbocycles. The van der Waals surface area contributed by atoms with E-state index in [4.69, 9.17) is 4.89 Å². The Hall–Kier alpha value is 0.0600. The first-order valence-electron chi connectivity index (χ1n) is 7.91. The van der Waals surface area contributed by atoms with Gasteiger partial charge in [-0.1, -0.05) is 77.6 Å². The fourth-order valence-corrected chi connectivity index (χ4v) is 2.76. The number of rotatable bonds is 14. The lowest BCUT2D eigenvalue weighted by molar-refractivity contribution is 0.497. The molecule has 0 spiro atoms. The zero-order chi connectivity index (χ0) is 13.5. The second-order valence-corrected chi connectivity index (χ2v) is 6.47. The van der Waals surface area contributed by atoms with E-state index in [1.165, 1.54) is 70.6 Å². The van der Waals surface area contributed by atoms with Crippen LogP contribution in [0.3, 0.4) is 0 Å². The van der Waals surface area contributed by atoms with Crippen LogP contribution in [0.4, 0.5) is 0 Å². The van der Waals surface area contributed by atoms with E-state index < -0.39 is 8.03 Å². The van der Waals surface area contributed by atoms with E-state index in [0.29, 0.717) is 6.16 Å². The molecule has 1 unspecified atom stereocenters. The third-order valence-electron chi connectivity index (χ3n) is 3.45. The van der Waals surface area contributed by atoms with E-state index >= 15 is 0 Å². The van der Waals surface area contributed by atoms with Gasteiger partial charge < -0.3 is 0 Å². The number of hydrogen-bond acceptors (Lipinski definition) is 1. The van der Waals surface area contributed by atoms with Gasteiger partial charge in [-0.3, -0.25) is 0 Å². The van der Waals surface area contributed by atoms with Crippen LogP contribution in [0, 0.1) is 0 Å². The Morgan fingerprint density at radius 3 is 1.33 bits per heavy atom. The van der Waals surface area contributed by atoms with Gasteiger partial charge in [0.2, 0.25) is 0 Å². The molecule has 0 saturated heterocycles. The molecular formula is C15H32O2P+. The second-order valence-electron chi connectivity index (χ2n) is 5.32. The molecule has 0 fully saturated rings. The molecule has 0 bridgehead atoms. The Morgan fingerprint density at radius 2 is 1.00 bits per heavy atom. The summed E-state index contributed by atoms with van der Waals surface area (Å²) in [6.07, 6.45) is 17.6. The van der Waals surface area contributed by atoms with Gasteiger partial charge in [0.05, 0.1) is 0 Å². The van der Waals surface area contributed by atoms with E-state index in [-0.39, 0.29) is 0 Å². The van der Waals surface area contributed by atoms with Gasteiger partial charge in [0, 0.05) is 0 Å². The molecule has 0 aliphatic rings. The molecule has 0 aliphatic heterocycles. The maximum Gasteiger partial charge on any atom is 0.505 e. The molecule has 0 aromatic heterocycles. The van der Waals surface area contributed by atoms with Crippen LogP contribution in [-0.4, -0.2) is 11.1 Å². The van der Waals surface area contributed by atoms with Crippen LogP contribution in [0.1, 0.15) is 90.4 Å². The van der Waals surface area contributed by atoms with E-state index in [1.54, 1.807) is 0 Å². The van der Waals surface area contributed by atoms with Crippen molar-refractivity contribution < 1.29 is 9.46 Å². The minimum atomic E-state index is -1.89. The topological polar surface area (TPSA) is 37.3 Å². The molecule has 2 nitrogen and oxygen atoms in total. The highest BCUT2D eigenvalue weighted by molar-refractivity contribution is 7.37. The number of hydrogen-bond donors (Lipinski definition) is 1. The fraction of sp³-hybridized carbons (Fsp3) is 1.00. The largest absolute Gasteiger partial charge is 0.505 e. The van der Waals surface area contributed by atoms with E-state index in [1.807, 2.05) is 0 Å². The molecule has 0 rings (SSSR count). The Morgan fingerprint density at radius 1 is 0.667 bits per heavy atom. The SMILES string of the molecule is CCCCCCCCCCCCCCC[P+](=O)O. The van der Waals surface area contributed by atoms with Gasteiger partial charge in [-0.25, -0.2) is 0 Å². The van der Waals surface area contributed by atoms with Crippen molar-refractivity contribution in [2.24, 2.45) is 0 Å². The van der Waals surface area contributed by atoms with Gasteiger partial charge in [-0.15, -0.1) is 0 Å². The number of unbranched alkanes of at least 4 members (excludes halogenated alkanes) is 12. The van der Waals surface area contributed by atoms with Gasteiger partial charge in [0.15, 0.2) is 6.16 Å². The van der Waals surface area contributed by atoms with Crippen molar-refractivity contribution in [1.29, 1.82) is 0 Å². The first-order chi connectivity index (χ1) is 8.77. The summed E-state index contributed by atoms with van der Waals surface area (Å²) in [5.41, 5.74) is 0. The minimum Gasteiger partial charge on any atom is -0.161 e. The molecular weight excluding hydrogens is 243 g/mol.